The van der Waals surface area contributed by atoms with Gasteiger partial charge in [-0.2, -0.15) is 0 Å². The Morgan fingerprint density at radius 1 is 1.30 bits per heavy atom. The van der Waals surface area contributed by atoms with Crippen LogP contribution in [-0.4, -0.2) is 20.2 Å². The second kappa shape index (κ2) is 7.65. The van der Waals surface area contributed by atoms with Gasteiger partial charge in [0.2, 0.25) is 0 Å². The van der Waals surface area contributed by atoms with Crippen molar-refractivity contribution in [3.63, 3.8) is 0 Å². The maximum Gasteiger partial charge on any atom is 0.123 e. The molecule has 1 unspecified atom stereocenters. The lowest BCUT2D eigenvalue weighted by Crippen LogP contribution is -2.30. The molecule has 0 aromatic heterocycles. The molecule has 1 atom stereocenters. The summed E-state index contributed by atoms with van der Waals surface area (Å²) >= 11 is 0. The van der Waals surface area contributed by atoms with Crippen LogP contribution >= 0.6 is 0 Å². The minimum atomic E-state index is 0.496. The van der Waals surface area contributed by atoms with E-state index in [1.807, 2.05) is 0 Å². The van der Waals surface area contributed by atoms with E-state index in [1.54, 1.807) is 7.11 Å². The second-order valence-electron chi connectivity index (χ2n) is 5.59. The Labute approximate surface area is 123 Å². The van der Waals surface area contributed by atoms with E-state index in [1.165, 1.54) is 29.5 Å². The monoisotopic (exact) mass is 276 g/mol. The van der Waals surface area contributed by atoms with E-state index < -0.39 is 0 Å². The molecule has 0 saturated carbocycles. The maximum absolute atomic E-state index is 5.60. The van der Waals surface area contributed by atoms with Crippen LogP contribution in [0.2, 0.25) is 0 Å². The number of nitrogens with one attached hydrogen (secondary N) is 2. The van der Waals surface area contributed by atoms with Crippen LogP contribution in [-0.2, 0) is 13.0 Å². The van der Waals surface area contributed by atoms with Gasteiger partial charge in [-0.15, -0.1) is 0 Å². The van der Waals surface area contributed by atoms with Crippen molar-refractivity contribution in [3.05, 3.63) is 28.8 Å². The van der Waals surface area contributed by atoms with Gasteiger partial charge in [0.15, 0.2) is 0 Å². The van der Waals surface area contributed by atoms with Crippen molar-refractivity contribution in [1.29, 1.82) is 0 Å². The molecule has 0 amide bonds. The van der Waals surface area contributed by atoms with Gasteiger partial charge in [0.1, 0.15) is 5.75 Å². The maximum atomic E-state index is 5.60. The summed E-state index contributed by atoms with van der Waals surface area (Å²) in [4.78, 5) is 0. The van der Waals surface area contributed by atoms with Crippen molar-refractivity contribution in [2.45, 2.75) is 52.1 Å². The molecule has 0 fully saturated rings. The van der Waals surface area contributed by atoms with E-state index in [4.69, 9.17) is 4.74 Å². The van der Waals surface area contributed by atoms with Gasteiger partial charge in [0.05, 0.1) is 7.11 Å². The van der Waals surface area contributed by atoms with Crippen LogP contribution in [0.4, 0.5) is 0 Å². The summed E-state index contributed by atoms with van der Waals surface area (Å²) in [6.45, 7) is 7.48. The minimum Gasteiger partial charge on any atom is -0.496 e. The number of hydrogen-bond donors (Lipinski definition) is 2. The van der Waals surface area contributed by atoms with Crippen LogP contribution < -0.4 is 15.4 Å². The molecule has 1 aliphatic heterocycles. The highest BCUT2D eigenvalue weighted by Crippen LogP contribution is 2.32. The number of hydrogen-bond acceptors (Lipinski definition) is 3. The van der Waals surface area contributed by atoms with E-state index in [2.05, 4.69) is 36.6 Å². The van der Waals surface area contributed by atoms with Crippen LogP contribution in [0.25, 0.3) is 0 Å². The van der Waals surface area contributed by atoms with Crippen LogP contribution in [0.3, 0.4) is 0 Å². The standard InChI is InChI=1S/C17H28N2O/c1-4-6-16-15-11-17(20-3)14(12-18-8-5-2)10-13(15)7-9-19-16/h10-11,16,18-19H,4-9,12H2,1-3H3. The number of ether oxygens (including phenoxy) is 1. The smallest absolute Gasteiger partial charge is 0.123 e. The summed E-state index contributed by atoms with van der Waals surface area (Å²) < 4.78 is 5.60. The van der Waals surface area contributed by atoms with Gasteiger partial charge >= 0.3 is 0 Å². The van der Waals surface area contributed by atoms with E-state index in [0.717, 1.165) is 38.2 Å². The van der Waals surface area contributed by atoms with Gasteiger partial charge in [-0.25, -0.2) is 0 Å². The largest absolute Gasteiger partial charge is 0.496 e. The Hall–Kier alpha value is -1.06. The molecule has 0 radical (unpaired) electrons. The summed E-state index contributed by atoms with van der Waals surface area (Å²) in [6, 6.07) is 5.10. The molecule has 3 nitrogen and oxygen atoms in total. The van der Waals surface area contributed by atoms with Crippen LogP contribution in [0, 0.1) is 0 Å². The Morgan fingerprint density at radius 3 is 2.85 bits per heavy atom. The van der Waals surface area contributed by atoms with Gasteiger partial charge < -0.3 is 15.4 Å². The highest BCUT2D eigenvalue weighted by molar-refractivity contribution is 5.45. The first kappa shape index (κ1) is 15.3. The predicted octanol–water partition coefficient (Wildman–Crippen LogP) is 3.18. The average molecular weight is 276 g/mol. The highest BCUT2D eigenvalue weighted by Gasteiger charge is 2.21. The summed E-state index contributed by atoms with van der Waals surface area (Å²) in [5.41, 5.74) is 4.22. The normalized spacial score (nSPS) is 17.9. The van der Waals surface area contributed by atoms with E-state index >= 15 is 0 Å². The number of fused-ring (bicyclic) bond motifs is 1. The molecule has 0 aliphatic carbocycles. The molecule has 1 aliphatic rings. The summed E-state index contributed by atoms with van der Waals surface area (Å²) in [6.07, 6.45) is 4.69. The lowest BCUT2D eigenvalue weighted by molar-refractivity contribution is 0.402. The average Bonchev–Trinajstić information content (AvgIpc) is 2.47. The number of methoxy groups -OCH3 is 1. The molecule has 0 bridgehead atoms. The molecule has 2 rings (SSSR count). The van der Waals surface area contributed by atoms with Gasteiger partial charge in [-0.1, -0.05) is 26.3 Å². The minimum absolute atomic E-state index is 0.496. The van der Waals surface area contributed by atoms with Crippen molar-refractivity contribution < 1.29 is 4.74 Å². The molecule has 1 aromatic rings. The topological polar surface area (TPSA) is 33.3 Å². The lowest BCUT2D eigenvalue weighted by atomic mass is 9.90. The zero-order valence-corrected chi connectivity index (χ0v) is 13.1. The van der Waals surface area contributed by atoms with Crippen molar-refractivity contribution in [1.82, 2.24) is 10.6 Å². The first-order valence-corrected chi connectivity index (χ1v) is 7.93. The second-order valence-corrected chi connectivity index (χ2v) is 5.59. The summed E-state index contributed by atoms with van der Waals surface area (Å²) in [5.74, 6) is 1.03. The molecule has 1 heterocycles. The Bertz CT molecular complexity index is 431. The highest BCUT2D eigenvalue weighted by atomic mass is 16.5. The van der Waals surface area contributed by atoms with Crippen LogP contribution in [0.15, 0.2) is 12.1 Å². The number of rotatable bonds is 7. The van der Waals surface area contributed by atoms with Crippen LogP contribution in [0.5, 0.6) is 5.75 Å². The third-order valence-electron chi connectivity index (χ3n) is 4.02. The Kier molecular flexibility index (Phi) is 5.86. The van der Waals surface area contributed by atoms with Crippen molar-refractivity contribution in [2.75, 3.05) is 20.2 Å². The van der Waals surface area contributed by atoms with E-state index in [-0.39, 0.29) is 0 Å². The molecule has 0 saturated heterocycles. The molecule has 112 valence electrons. The first-order valence-electron chi connectivity index (χ1n) is 7.93. The fourth-order valence-electron chi connectivity index (χ4n) is 3.00. The molecular formula is C17H28N2O. The lowest BCUT2D eigenvalue weighted by Gasteiger charge is -2.28. The SMILES string of the molecule is CCCNCc1cc2c(cc1OC)C(CCC)NCC2. The molecular weight excluding hydrogens is 248 g/mol. The van der Waals surface area contributed by atoms with Crippen molar-refractivity contribution >= 4 is 0 Å². The first-order chi connectivity index (χ1) is 9.80. The van der Waals surface area contributed by atoms with Gasteiger partial charge in [0, 0.05) is 18.2 Å². The molecule has 2 N–H and O–H groups in total. The molecule has 20 heavy (non-hydrogen) atoms. The fourth-order valence-corrected chi connectivity index (χ4v) is 3.00. The quantitative estimate of drug-likeness (QED) is 0.750. The Morgan fingerprint density at radius 2 is 2.15 bits per heavy atom. The third kappa shape index (κ3) is 3.53. The zero-order chi connectivity index (χ0) is 14.4. The van der Waals surface area contributed by atoms with Crippen molar-refractivity contribution in [2.24, 2.45) is 0 Å². The van der Waals surface area contributed by atoms with E-state index in [0.29, 0.717) is 6.04 Å². The summed E-state index contributed by atoms with van der Waals surface area (Å²) in [5, 5.41) is 7.10. The third-order valence-corrected chi connectivity index (χ3v) is 4.02. The summed E-state index contributed by atoms with van der Waals surface area (Å²) in [7, 11) is 1.77. The predicted molar refractivity (Wildman–Crippen MR) is 84.3 cm³/mol. The zero-order valence-electron chi connectivity index (χ0n) is 13.1. The number of benzene rings is 1. The Balaban J connectivity index is 2.23. The van der Waals surface area contributed by atoms with Crippen LogP contribution in [0.1, 0.15) is 55.8 Å². The van der Waals surface area contributed by atoms with Gasteiger partial charge in [-0.3, -0.25) is 0 Å². The molecule has 3 heteroatoms. The van der Waals surface area contributed by atoms with Gasteiger partial charge in [-0.05, 0) is 49.5 Å². The fraction of sp³-hybridized carbons (Fsp3) is 0.647. The molecule has 1 aromatic carbocycles. The van der Waals surface area contributed by atoms with E-state index in [9.17, 15) is 0 Å². The molecule has 0 spiro atoms. The van der Waals surface area contributed by atoms with Gasteiger partial charge in [0.25, 0.3) is 0 Å². The van der Waals surface area contributed by atoms with Crippen molar-refractivity contribution in [3.8, 4) is 5.75 Å².